The molecule has 2 rings (SSSR count). The minimum atomic E-state index is -0.466. The second-order valence-electron chi connectivity index (χ2n) is 3.21. The van der Waals surface area contributed by atoms with Crippen LogP contribution in [-0.2, 0) is 4.74 Å². The van der Waals surface area contributed by atoms with E-state index in [9.17, 15) is 4.79 Å². The Hall–Kier alpha value is -2.41. The number of benzene rings is 1. The first kappa shape index (κ1) is 10.1. The molecular formula is C12H8N2O2. The predicted octanol–water partition coefficient (Wildman–Crippen LogP) is 1.89. The third-order valence-corrected chi connectivity index (χ3v) is 2.21. The van der Waals surface area contributed by atoms with Crippen molar-refractivity contribution in [2.45, 2.75) is 0 Å². The lowest BCUT2D eigenvalue weighted by Crippen LogP contribution is -2.03. The fraction of sp³-hybridized carbons (Fsp3) is 0.0833. The van der Waals surface area contributed by atoms with E-state index in [1.807, 2.05) is 6.07 Å². The van der Waals surface area contributed by atoms with E-state index < -0.39 is 5.97 Å². The lowest BCUT2D eigenvalue weighted by atomic mass is 10.1. The van der Waals surface area contributed by atoms with Crippen LogP contribution in [0.5, 0.6) is 0 Å². The van der Waals surface area contributed by atoms with E-state index in [0.29, 0.717) is 11.1 Å². The molecule has 0 aliphatic heterocycles. The highest BCUT2D eigenvalue weighted by atomic mass is 16.5. The molecule has 78 valence electrons. The number of esters is 1. The summed E-state index contributed by atoms with van der Waals surface area (Å²) in [5.74, 6) is -0.466. The fourth-order valence-electron chi connectivity index (χ4n) is 1.41. The molecule has 1 aromatic heterocycles. The molecule has 1 aromatic carbocycles. The number of carbonyl (C=O) groups excluding carboxylic acids is 1. The SMILES string of the molecule is COC(=O)c1ccc2cc(C#N)ccc2n1. The fourth-order valence-corrected chi connectivity index (χ4v) is 1.41. The maximum atomic E-state index is 11.2. The molecule has 0 fully saturated rings. The molecule has 0 amide bonds. The zero-order valence-corrected chi connectivity index (χ0v) is 8.60. The summed E-state index contributed by atoms with van der Waals surface area (Å²) >= 11 is 0. The van der Waals surface area contributed by atoms with Crippen molar-refractivity contribution in [2.24, 2.45) is 0 Å². The second kappa shape index (κ2) is 3.99. The normalized spacial score (nSPS) is 9.75. The number of carbonyl (C=O) groups is 1. The van der Waals surface area contributed by atoms with E-state index in [1.165, 1.54) is 7.11 Å². The van der Waals surface area contributed by atoms with Crippen LogP contribution in [0.25, 0.3) is 10.9 Å². The van der Waals surface area contributed by atoms with Gasteiger partial charge in [0.1, 0.15) is 5.69 Å². The van der Waals surface area contributed by atoms with Gasteiger partial charge in [-0.2, -0.15) is 5.26 Å². The van der Waals surface area contributed by atoms with Gasteiger partial charge in [0.05, 0.1) is 24.3 Å². The number of fused-ring (bicyclic) bond motifs is 1. The summed E-state index contributed by atoms with van der Waals surface area (Å²) in [6.07, 6.45) is 0. The van der Waals surface area contributed by atoms with E-state index in [1.54, 1.807) is 30.3 Å². The summed E-state index contributed by atoms with van der Waals surface area (Å²) in [7, 11) is 1.31. The van der Waals surface area contributed by atoms with Crippen LogP contribution in [0.15, 0.2) is 30.3 Å². The van der Waals surface area contributed by atoms with Crippen LogP contribution in [0.2, 0.25) is 0 Å². The molecule has 16 heavy (non-hydrogen) atoms. The lowest BCUT2D eigenvalue weighted by Gasteiger charge is -2.01. The first-order chi connectivity index (χ1) is 7.74. The van der Waals surface area contributed by atoms with Gasteiger partial charge in [0.25, 0.3) is 0 Å². The average molecular weight is 212 g/mol. The van der Waals surface area contributed by atoms with Gasteiger partial charge in [-0.3, -0.25) is 0 Å². The molecule has 0 N–H and O–H groups in total. The van der Waals surface area contributed by atoms with Crippen LogP contribution in [0.4, 0.5) is 0 Å². The van der Waals surface area contributed by atoms with Gasteiger partial charge in [-0.15, -0.1) is 0 Å². The molecule has 0 spiro atoms. The minimum Gasteiger partial charge on any atom is -0.464 e. The molecule has 0 atom stereocenters. The van der Waals surface area contributed by atoms with Crippen molar-refractivity contribution in [3.05, 3.63) is 41.6 Å². The van der Waals surface area contributed by atoms with E-state index in [0.717, 1.165) is 5.39 Å². The van der Waals surface area contributed by atoms with Crippen LogP contribution in [-0.4, -0.2) is 18.1 Å². The highest BCUT2D eigenvalue weighted by Gasteiger charge is 2.07. The Bertz CT molecular complexity index is 599. The Balaban J connectivity index is 2.57. The Kier molecular flexibility index (Phi) is 2.52. The van der Waals surface area contributed by atoms with Crippen LogP contribution < -0.4 is 0 Å². The van der Waals surface area contributed by atoms with E-state index in [2.05, 4.69) is 9.72 Å². The van der Waals surface area contributed by atoms with E-state index >= 15 is 0 Å². The molecule has 0 bridgehead atoms. The first-order valence-electron chi connectivity index (χ1n) is 4.64. The molecule has 0 unspecified atom stereocenters. The standard InChI is InChI=1S/C12H8N2O2/c1-16-12(15)11-5-3-9-6-8(7-13)2-4-10(9)14-11/h2-6H,1H3. The Morgan fingerprint density at radius 3 is 2.88 bits per heavy atom. The molecule has 1 heterocycles. The van der Waals surface area contributed by atoms with Crippen molar-refractivity contribution in [3.8, 4) is 6.07 Å². The lowest BCUT2D eigenvalue weighted by molar-refractivity contribution is 0.0594. The topological polar surface area (TPSA) is 63.0 Å². The number of aromatic nitrogens is 1. The van der Waals surface area contributed by atoms with Gasteiger partial charge in [0.2, 0.25) is 0 Å². The molecular weight excluding hydrogens is 204 g/mol. The van der Waals surface area contributed by atoms with E-state index in [4.69, 9.17) is 5.26 Å². The number of hydrogen-bond donors (Lipinski definition) is 0. The maximum Gasteiger partial charge on any atom is 0.356 e. The third-order valence-electron chi connectivity index (χ3n) is 2.21. The molecule has 0 aliphatic rings. The van der Waals surface area contributed by atoms with Gasteiger partial charge in [-0.1, -0.05) is 6.07 Å². The molecule has 4 nitrogen and oxygen atoms in total. The second-order valence-corrected chi connectivity index (χ2v) is 3.21. The quantitative estimate of drug-likeness (QED) is 0.677. The highest BCUT2D eigenvalue weighted by Crippen LogP contribution is 2.14. The molecule has 2 aromatic rings. The summed E-state index contributed by atoms with van der Waals surface area (Å²) in [6.45, 7) is 0. The average Bonchev–Trinajstić information content (AvgIpc) is 2.36. The number of methoxy groups -OCH3 is 1. The van der Waals surface area contributed by atoms with Gasteiger partial charge in [0, 0.05) is 5.39 Å². The number of nitrogens with zero attached hydrogens (tertiary/aromatic N) is 2. The molecule has 0 saturated carbocycles. The predicted molar refractivity (Wildman–Crippen MR) is 57.8 cm³/mol. The molecule has 0 aliphatic carbocycles. The molecule has 0 saturated heterocycles. The zero-order chi connectivity index (χ0) is 11.5. The van der Waals surface area contributed by atoms with Crippen LogP contribution >= 0.6 is 0 Å². The summed E-state index contributed by atoms with van der Waals surface area (Å²) in [4.78, 5) is 15.4. The molecule has 0 radical (unpaired) electrons. The number of hydrogen-bond acceptors (Lipinski definition) is 4. The number of ether oxygens (including phenoxy) is 1. The highest BCUT2D eigenvalue weighted by molar-refractivity contribution is 5.91. The van der Waals surface area contributed by atoms with Gasteiger partial charge < -0.3 is 4.74 Å². The van der Waals surface area contributed by atoms with E-state index in [-0.39, 0.29) is 5.69 Å². The van der Waals surface area contributed by atoms with Gasteiger partial charge in [-0.25, -0.2) is 9.78 Å². The summed E-state index contributed by atoms with van der Waals surface area (Å²) in [5, 5.41) is 9.56. The Morgan fingerprint density at radius 1 is 1.38 bits per heavy atom. The van der Waals surface area contributed by atoms with Crippen molar-refractivity contribution >= 4 is 16.9 Å². The van der Waals surface area contributed by atoms with Gasteiger partial charge in [0.15, 0.2) is 0 Å². The number of rotatable bonds is 1. The van der Waals surface area contributed by atoms with Crippen molar-refractivity contribution in [1.29, 1.82) is 5.26 Å². The monoisotopic (exact) mass is 212 g/mol. The summed E-state index contributed by atoms with van der Waals surface area (Å²) < 4.78 is 4.58. The van der Waals surface area contributed by atoms with Gasteiger partial charge in [-0.05, 0) is 24.3 Å². The smallest absolute Gasteiger partial charge is 0.356 e. The maximum absolute atomic E-state index is 11.2. The Labute approximate surface area is 92.1 Å². The van der Waals surface area contributed by atoms with Crippen molar-refractivity contribution in [2.75, 3.05) is 7.11 Å². The largest absolute Gasteiger partial charge is 0.464 e. The number of nitriles is 1. The first-order valence-corrected chi connectivity index (χ1v) is 4.64. The van der Waals surface area contributed by atoms with Crippen molar-refractivity contribution in [3.63, 3.8) is 0 Å². The van der Waals surface area contributed by atoms with Gasteiger partial charge >= 0.3 is 5.97 Å². The summed E-state index contributed by atoms with van der Waals surface area (Å²) in [5.41, 5.74) is 1.50. The van der Waals surface area contributed by atoms with Crippen molar-refractivity contribution in [1.82, 2.24) is 4.98 Å². The van der Waals surface area contributed by atoms with Crippen LogP contribution in [0.1, 0.15) is 16.1 Å². The summed E-state index contributed by atoms with van der Waals surface area (Å²) in [6, 6.07) is 10.5. The Morgan fingerprint density at radius 2 is 2.19 bits per heavy atom. The third kappa shape index (κ3) is 1.71. The number of pyridine rings is 1. The molecule has 4 heteroatoms. The van der Waals surface area contributed by atoms with Crippen molar-refractivity contribution < 1.29 is 9.53 Å². The van der Waals surface area contributed by atoms with Crippen LogP contribution in [0.3, 0.4) is 0 Å². The minimum absolute atomic E-state index is 0.264. The van der Waals surface area contributed by atoms with Crippen LogP contribution in [0, 0.1) is 11.3 Å². The zero-order valence-electron chi connectivity index (χ0n) is 8.60.